The van der Waals surface area contributed by atoms with E-state index in [1.807, 2.05) is 0 Å². The number of benzene rings is 1. The van der Waals surface area contributed by atoms with Gasteiger partial charge in [-0.2, -0.15) is 0 Å². The molecule has 0 saturated heterocycles. The van der Waals surface area contributed by atoms with E-state index in [-0.39, 0.29) is 11.3 Å². The molecule has 0 aliphatic rings. The van der Waals surface area contributed by atoms with Gasteiger partial charge in [-0.15, -0.1) is 0 Å². The molecule has 1 aromatic rings. The van der Waals surface area contributed by atoms with Gasteiger partial charge in [0.2, 0.25) is 0 Å². The zero-order valence-electron chi connectivity index (χ0n) is 8.08. The van der Waals surface area contributed by atoms with Gasteiger partial charge in [-0.25, -0.2) is 9.18 Å². The minimum atomic E-state index is -1.09. The highest BCUT2D eigenvalue weighted by Crippen LogP contribution is 2.22. The lowest BCUT2D eigenvalue weighted by molar-refractivity contribution is 0.0602. The number of esters is 1. The van der Waals surface area contributed by atoms with Gasteiger partial charge in [-0.05, 0) is 24.6 Å². The maximum Gasteiger partial charge on any atom is 0.339 e. The van der Waals surface area contributed by atoms with E-state index in [1.54, 1.807) is 0 Å². The highest BCUT2D eigenvalue weighted by Gasteiger charge is 2.11. The second kappa shape index (κ2) is 4.09. The fraction of sp³-hybridized carbons (Fsp3) is 0.300. The summed E-state index contributed by atoms with van der Waals surface area (Å²) in [5.74, 6) is -0.513. The topological polar surface area (TPSA) is 52.3 Å². The maximum atomic E-state index is 12.9. The number of ether oxygens (including phenoxy) is 1. The summed E-state index contributed by atoms with van der Waals surface area (Å²) in [4.78, 5) is 11.1. The number of carbonyl (C=O) groups excluding carboxylic acids is 1. The number of carbonyl (C=O) groups is 1. The molecule has 3 nitrogen and oxygen atoms in total. The van der Waals surface area contributed by atoms with Crippen molar-refractivity contribution >= 4 is 11.7 Å². The third-order valence-corrected chi connectivity index (χ3v) is 1.94. The Morgan fingerprint density at radius 3 is 2.64 bits per heavy atom. The molecule has 0 bridgehead atoms. The summed E-state index contributed by atoms with van der Waals surface area (Å²) >= 11 is 0. The van der Waals surface area contributed by atoms with Crippen molar-refractivity contribution in [3.63, 3.8) is 0 Å². The molecule has 76 valence electrons. The van der Waals surface area contributed by atoms with Crippen LogP contribution in [-0.4, -0.2) is 13.1 Å². The monoisotopic (exact) mass is 197 g/mol. The zero-order valence-corrected chi connectivity index (χ0v) is 8.08. The Bertz CT molecular complexity index is 350. The van der Waals surface area contributed by atoms with E-state index in [4.69, 9.17) is 5.73 Å². The molecule has 0 aliphatic heterocycles. The van der Waals surface area contributed by atoms with Crippen molar-refractivity contribution in [1.29, 1.82) is 0 Å². The van der Waals surface area contributed by atoms with Crippen molar-refractivity contribution in [2.24, 2.45) is 0 Å². The van der Waals surface area contributed by atoms with Gasteiger partial charge in [0.05, 0.1) is 12.7 Å². The molecule has 14 heavy (non-hydrogen) atoms. The number of methoxy groups -OCH3 is 1. The molecule has 0 spiro atoms. The number of hydrogen-bond acceptors (Lipinski definition) is 3. The summed E-state index contributed by atoms with van der Waals surface area (Å²) < 4.78 is 17.4. The summed E-state index contributed by atoms with van der Waals surface area (Å²) in [5.41, 5.74) is 6.52. The summed E-state index contributed by atoms with van der Waals surface area (Å²) in [6, 6.07) is 4.43. The van der Waals surface area contributed by atoms with E-state index in [0.717, 1.165) is 0 Å². The molecular weight excluding hydrogens is 185 g/mol. The number of nitrogens with two attached hydrogens (primary N) is 1. The Morgan fingerprint density at radius 2 is 2.21 bits per heavy atom. The van der Waals surface area contributed by atoms with Crippen LogP contribution in [0.5, 0.6) is 0 Å². The summed E-state index contributed by atoms with van der Waals surface area (Å²) in [6.07, 6.45) is -1.09. The van der Waals surface area contributed by atoms with Crippen LogP contribution >= 0.6 is 0 Å². The predicted octanol–water partition coefficient (Wildman–Crippen LogP) is 2.09. The molecule has 2 N–H and O–H groups in total. The zero-order chi connectivity index (χ0) is 10.7. The number of hydrogen-bond donors (Lipinski definition) is 1. The molecular formula is C10H12FNO2. The third kappa shape index (κ3) is 2.02. The predicted molar refractivity (Wildman–Crippen MR) is 51.7 cm³/mol. The number of halogens is 1. The van der Waals surface area contributed by atoms with Gasteiger partial charge in [0, 0.05) is 5.69 Å². The van der Waals surface area contributed by atoms with E-state index in [1.165, 1.54) is 32.2 Å². The Kier molecular flexibility index (Phi) is 3.06. The SMILES string of the molecule is COC(=O)c1ccc(C(C)F)cc1N. The summed E-state index contributed by atoms with van der Waals surface area (Å²) in [6.45, 7) is 1.41. The molecule has 0 aromatic heterocycles. The molecule has 0 heterocycles. The van der Waals surface area contributed by atoms with Crippen LogP contribution in [0.3, 0.4) is 0 Å². The summed E-state index contributed by atoms with van der Waals surface area (Å²) in [5, 5.41) is 0. The van der Waals surface area contributed by atoms with Gasteiger partial charge in [0.25, 0.3) is 0 Å². The number of nitrogen functional groups attached to an aromatic ring is 1. The molecule has 1 atom stereocenters. The van der Waals surface area contributed by atoms with Crippen LogP contribution in [0.4, 0.5) is 10.1 Å². The molecule has 0 saturated carbocycles. The highest BCUT2D eigenvalue weighted by atomic mass is 19.1. The number of alkyl halides is 1. The number of anilines is 1. The minimum Gasteiger partial charge on any atom is -0.465 e. The lowest BCUT2D eigenvalue weighted by atomic mass is 10.1. The molecule has 1 unspecified atom stereocenters. The van der Waals surface area contributed by atoms with Crippen molar-refractivity contribution in [2.45, 2.75) is 13.1 Å². The maximum absolute atomic E-state index is 12.9. The Hall–Kier alpha value is -1.58. The normalized spacial score (nSPS) is 12.2. The van der Waals surface area contributed by atoms with Crippen molar-refractivity contribution in [2.75, 3.05) is 12.8 Å². The average Bonchev–Trinajstić information content (AvgIpc) is 2.16. The standard InChI is InChI=1S/C10H12FNO2/c1-6(11)7-3-4-8(9(12)5-7)10(13)14-2/h3-6H,12H2,1-2H3. The van der Waals surface area contributed by atoms with Crippen LogP contribution in [0.1, 0.15) is 29.0 Å². The molecule has 0 aliphatic carbocycles. The molecule has 1 aromatic carbocycles. The lowest BCUT2D eigenvalue weighted by Crippen LogP contribution is -2.06. The van der Waals surface area contributed by atoms with Crippen LogP contribution in [0.2, 0.25) is 0 Å². The molecule has 0 amide bonds. The average molecular weight is 197 g/mol. The smallest absolute Gasteiger partial charge is 0.339 e. The second-order valence-corrected chi connectivity index (χ2v) is 2.95. The third-order valence-electron chi connectivity index (χ3n) is 1.94. The quantitative estimate of drug-likeness (QED) is 0.583. The van der Waals surface area contributed by atoms with Gasteiger partial charge >= 0.3 is 5.97 Å². The highest BCUT2D eigenvalue weighted by molar-refractivity contribution is 5.95. The van der Waals surface area contributed by atoms with Gasteiger partial charge in [-0.1, -0.05) is 6.07 Å². The van der Waals surface area contributed by atoms with Gasteiger partial charge in [0.15, 0.2) is 0 Å². The summed E-state index contributed by atoms with van der Waals surface area (Å²) in [7, 11) is 1.27. The first-order chi connectivity index (χ1) is 6.56. The van der Waals surface area contributed by atoms with Crippen LogP contribution in [0, 0.1) is 0 Å². The van der Waals surface area contributed by atoms with Crippen LogP contribution in [0.25, 0.3) is 0 Å². The van der Waals surface area contributed by atoms with Gasteiger partial charge < -0.3 is 10.5 Å². The van der Waals surface area contributed by atoms with Gasteiger partial charge in [0.1, 0.15) is 6.17 Å². The second-order valence-electron chi connectivity index (χ2n) is 2.95. The molecule has 1 rings (SSSR count). The van der Waals surface area contributed by atoms with Crippen LogP contribution < -0.4 is 5.73 Å². The van der Waals surface area contributed by atoms with Crippen molar-refractivity contribution < 1.29 is 13.9 Å². The first kappa shape index (κ1) is 10.5. The van der Waals surface area contributed by atoms with E-state index in [9.17, 15) is 9.18 Å². The Labute approximate surface area is 81.7 Å². The number of rotatable bonds is 2. The molecule has 4 heteroatoms. The molecule has 0 radical (unpaired) electrons. The van der Waals surface area contributed by atoms with Crippen molar-refractivity contribution in [3.05, 3.63) is 29.3 Å². The first-order valence-electron chi connectivity index (χ1n) is 4.18. The Morgan fingerprint density at radius 1 is 1.57 bits per heavy atom. The molecule has 0 fully saturated rings. The largest absolute Gasteiger partial charge is 0.465 e. The van der Waals surface area contributed by atoms with Crippen LogP contribution in [-0.2, 0) is 4.74 Å². The minimum absolute atomic E-state index is 0.235. The first-order valence-corrected chi connectivity index (χ1v) is 4.18. The fourth-order valence-corrected chi connectivity index (χ4v) is 1.12. The van der Waals surface area contributed by atoms with E-state index >= 15 is 0 Å². The van der Waals surface area contributed by atoms with E-state index in [2.05, 4.69) is 4.74 Å². The lowest BCUT2D eigenvalue weighted by Gasteiger charge is -2.07. The van der Waals surface area contributed by atoms with E-state index in [0.29, 0.717) is 5.56 Å². The van der Waals surface area contributed by atoms with Crippen molar-refractivity contribution in [1.82, 2.24) is 0 Å². The van der Waals surface area contributed by atoms with E-state index < -0.39 is 12.1 Å². The van der Waals surface area contributed by atoms with Crippen molar-refractivity contribution in [3.8, 4) is 0 Å². The Balaban J connectivity index is 3.07. The van der Waals surface area contributed by atoms with Crippen LogP contribution in [0.15, 0.2) is 18.2 Å². The fourth-order valence-electron chi connectivity index (χ4n) is 1.12. The van der Waals surface area contributed by atoms with Gasteiger partial charge in [-0.3, -0.25) is 0 Å².